The molecule has 0 radical (unpaired) electrons. The lowest BCUT2D eigenvalue weighted by molar-refractivity contribution is -0.145. The van der Waals surface area contributed by atoms with Gasteiger partial charge in [0.05, 0.1) is 37.6 Å². The van der Waals surface area contributed by atoms with Crippen LogP contribution in [0.2, 0.25) is 0 Å². The zero-order chi connectivity index (χ0) is 22.1. The Morgan fingerprint density at radius 3 is 1.86 bits per heavy atom. The molecular weight excluding hydrogens is 448 g/mol. The Kier molecular flexibility index (Phi) is 9.75. The molecule has 0 aromatic heterocycles. The van der Waals surface area contributed by atoms with E-state index in [1.165, 1.54) is 12.1 Å². The van der Waals surface area contributed by atoms with Gasteiger partial charge >= 0.3 is 17.9 Å². The number of esters is 3. The Morgan fingerprint density at radius 1 is 0.897 bits per heavy atom. The van der Waals surface area contributed by atoms with E-state index in [0.29, 0.717) is 6.42 Å². The lowest BCUT2D eigenvalue weighted by atomic mass is 9.94. The van der Waals surface area contributed by atoms with E-state index in [1.807, 2.05) is 0 Å². The number of aliphatic hydroxyl groups excluding tert-OH is 2. The van der Waals surface area contributed by atoms with Crippen molar-refractivity contribution < 1.29 is 38.8 Å². The first-order chi connectivity index (χ1) is 13.5. The first-order valence-corrected chi connectivity index (χ1v) is 9.84. The molecule has 8 nitrogen and oxygen atoms in total. The fourth-order valence-electron chi connectivity index (χ4n) is 1.94. The van der Waals surface area contributed by atoms with Crippen LogP contribution in [0, 0.1) is 5.41 Å². The zero-order valence-electron chi connectivity index (χ0n) is 16.8. The van der Waals surface area contributed by atoms with Crippen LogP contribution in [0.25, 0.3) is 0 Å². The Balaban J connectivity index is 2.61. The monoisotopic (exact) mass is 474 g/mol. The number of hydrogen-bond acceptors (Lipinski definition) is 8. The van der Waals surface area contributed by atoms with Gasteiger partial charge in [-0.15, -0.1) is 0 Å². The lowest BCUT2D eigenvalue weighted by Gasteiger charge is -2.23. The van der Waals surface area contributed by atoms with Crippen molar-refractivity contribution in [1.29, 1.82) is 0 Å². The van der Waals surface area contributed by atoms with Crippen molar-refractivity contribution in [2.45, 2.75) is 31.5 Å². The van der Waals surface area contributed by atoms with Crippen molar-refractivity contribution in [3.8, 4) is 0 Å². The summed E-state index contributed by atoms with van der Waals surface area (Å²) in [6.45, 7) is 4.04. The minimum atomic E-state index is -0.980. The number of alkyl halides is 1. The molecular formula is C20H27BrO8. The first kappa shape index (κ1) is 25.1. The molecule has 1 aromatic carbocycles. The molecule has 0 saturated carbocycles. The van der Waals surface area contributed by atoms with Crippen LogP contribution in [0.1, 0.15) is 47.9 Å². The maximum Gasteiger partial charge on any atom is 0.339 e. The maximum absolute atomic E-state index is 12.3. The highest BCUT2D eigenvalue weighted by molar-refractivity contribution is 9.10. The number of benzene rings is 1. The second-order valence-corrected chi connectivity index (χ2v) is 9.33. The van der Waals surface area contributed by atoms with Crippen molar-refractivity contribution in [1.82, 2.24) is 0 Å². The van der Waals surface area contributed by atoms with Gasteiger partial charge in [0, 0.05) is 11.8 Å². The Morgan fingerprint density at radius 2 is 1.38 bits per heavy atom. The summed E-state index contributed by atoms with van der Waals surface area (Å²) in [6, 6.07) is 6.02. The summed E-state index contributed by atoms with van der Waals surface area (Å²) >= 11 is 3.19. The summed E-state index contributed by atoms with van der Waals surface area (Å²) in [4.78, 5) is 36.3. The molecule has 0 aliphatic rings. The van der Waals surface area contributed by atoms with Crippen molar-refractivity contribution in [2.75, 3.05) is 33.0 Å². The quantitative estimate of drug-likeness (QED) is 0.216. The van der Waals surface area contributed by atoms with E-state index in [1.54, 1.807) is 32.9 Å². The number of carbonyl (C=O) groups is 3. The largest absolute Gasteiger partial charge is 0.465 e. The first-order valence-electron chi connectivity index (χ1n) is 9.05. The molecule has 9 heteroatoms. The van der Waals surface area contributed by atoms with Gasteiger partial charge in [0.25, 0.3) is 0 Å². The third-order valence-corrected chi connectivity index (χ3v) is 4.25. The average Bonchev–Trinajstić information content (AvgIpc) is 2.70. The van der Waals surface area contributed by atoms with Crippen molar-refractivity contribution in [2.24, 2.45) is 5.41 Å². The van der Waals surface area contributed by atoms with Crippen LogP contribution in [0.15, 0.2) is 24.3 Å². The van der Waals surface area contributed by atoms with Gasteiger partial charge in [-0.05, 0) is 26.0 Å². The summed E-state index contributed by atoms with van der Waals surface area (Å²) in [7, 11) is 0. The van der Waals surface area contributed by atoms with Gasteiger partial charge in [-0.1, -0.05) is 35.0 Å². The normalized spacial score (nSPS) is 11.7. The van der Waals surface area contributed by atoms with E-state index in [2.05, 4.69) is 15.9 Å². The zero-order valence-corrected chi connectivity index (χ0v) is 18.4. The molecule has 0 aliphatic carbocycles. The molecule has 0 aliphatic heterocycles. The molecule has 0 bridgehead atoms. The molecule has 1 aromatic rings. The maximum atomic E-state index is 12.3. The number of hydrogen-bond donors (Lipinski definition) is 2. The molecule has 29 heavy (non-hydrogen) atoms. The van der Waals surface area contributed by atoms with E-state index in [-0.39, 0.29) is 44.2 Å². The number of ether oxygens (including phenoxy) is 3. The number of aliphatic hydroxyl groups is 2. The standard InChI is InChI=1S/C20H27BrO8/c1-19(2,21)18(26)28-10-6-9-27-16(24)14-7-4-5-8-15(14)17(25)29-13-20(3,11-22)12-23/h4-5,7-8,22-23H,6,9-13H2,1-3H3. The summed E-state index contributed by atoms with van der Waals surface area (Å²) in [6.07, 6.45) is 0.304. The molecule has 0 spiro atoms. The van der Waals surface area contributed by atoms with Gasteiger partial charge < -0.3 is 24.4 Å². The number of carbonyl (C=O) groups excluding carboxylic acids is 3. The van der Waals surface area contributed by atoms with Crippen molar-refractivity contribution >= 4 is 33.8 Å². The SMILES string of the molecule is CC(CO)(CO)COC(=O)c1ccccc1C(=O)OCCCOC(=O)C(C)(C)Br. The Labute approximate surface area is 178 Å². The van der Waals surface area contributed by atoms with Crippen LogP contribution < -0.4 is 0 Å². The highest BCUT2D eigenvalue weighted by Crippen LogP contribution is 2.19. The third kappa shape index (κ3) is 8.12. The van der Waals surface area contributed by atoms with Gasteiger partial charge in [0.2, 0.25) is 0 Å². The molecule has 1 rings (SSSR count). The third-order valence-electron chi connectivity index (χ3n) is 3.92. The van der Waals surface area contributed by atoms with E-state index in [9.17, 15) is 24.6 Å². The van der Waals surface area contributed by atoms with Gasteiger partial charge in [-0.2, -0.15) is 0 Å². The summed E-state index contributed by atoms with van der Waals surface area (Å²) in [5, 5.41) is 18.5. The minimum absolute atomic E-state index is 0.00526. The smallest absolute Gasteiger partial charge is 0.339 e. The van der Waals surface area contributed by atoms with Gasteiger partial charge in [0.15, 0.2) is 0 Å². The summed E-state index contributed by atoms with van der Waals surface area (Å²) < 4.78 is 14.5. The van der Waals surface area contributed by atoms with Crippen LogP contribution in [0.5, 0.6) is 0 Å². The molecule has 2 N–H and O–H groups in total. The lowest BCUT2D eigenvalue weighted by Crippen LogP contribution is -2.33. The van der Waals surface area contributed by atoms with E-state index in [0.717, 1.165) is 0 Å². The van der Waals surface area contributed by atoms with Crippen molar-refractivity contribution in [3.63, 3.8) is 0 Å². The van der Waals surface area contributed by atoms with E-state index >= 15 is 0 Å². The molecule has 162 valence electrons. The molecule has 0 amide bonds. The van der Waals surface area contributed by atoms with Crippen LogP contribution >= 0.6 is 15.9 Å². The van der Waals surface area contributed by atoms with Crippen LogP contribution in [0.3, 0.4) is 0 Å². The highest BCUT2D eigenvalue weighted by Gasteiger charge is 2.27. The highest BCUT2D eigenvalue weighted by atomic mass is 79.9. The van der Waals surface area contributed by atoms with E-state index < -0.39 is 27.6 Å². The second-order valence-electron chi connectivity index (χ2n) is 7.35. The fraction of sp³-hybridized carbons (Fsp3) is 0.550. The van der Waals surface area contributed by atoms with Crippen molar-refractivity contribution in [3.05, 3.63) is 35.4 Å². The summed E-state index contributed by atoms with van der Waals surface area (Å²) in [5.41, 5.74) is -0.930. The molecule has 0 fully saturated rings. The number of halogens is 1. The predicted octanol–water partition coefficient (Wildman–Crippen LogP) is 2.10. The van der Waals surface area contributed by atoms with Gasteiger partial charge in [-0.3, -0.25) is 4.79 Å². The number of rotatable bonds is 11. The Bertz CT molecular complexity index is 707. The van der Waals surface area contributed by atoms with Crippen LogP contribution in [-0.4, -0.2) is 65.5 Å². The molecule has 0 heterocycles. The molecule has 0 saturated heterocycles. The summed E-state index contributed by atoms with van der Waals surface area (Å²) in [5.74, 6) is -1.90. The topological polar surface area (TPSA) is 119 Å². The minimum Gasteiger partial charge on any atom is -0.465 e. The fourth-order valence-corrected chi connectivity index (χ4v) is 2.05. The van der Waals surface area contributed by atoms with Gasteiger partial charge in [0.1, 0.15) is 10.9 Å². The average molecular weight is 475 g/mol. The van der Waals surface area contributed by atoms with Crippen LogP contribution in [0.4, 0.5) is 0 Å². The Hall–Kier alpha value is -1.97. The molecule has 0 atom stereocenters. The van der Waals surface area contributed by atoms with E-state index in [4.69, 9.17) is 14.2 Å². The predicted molar refractivity (Wildman–Crippen MR) is 108 cm³/mol. The second kappa shape index (κ2) is 11.3. The van der Waals surface area contributed by atoms with Gasteiger partial charge in [-0.25, -0.2) is 9.59 Å². The molecule has 0 unspecified atom stereocenters. The van der Waals surface area contributed by atoms with Crippen LogP contribution in [-0.2, 0) is 19.0 Å².